The van der Waals surface area contributed by atoms with E-state index in [4.69, 9.17) is 16.3 Å². The summed E-state index contributed by atoms with van der Waals surface area (Å²) in [5.74, 6) is 0.326. The van der Waals surface area contributed by atoms with Crippen molar-refractivity contribution < 1.29 is 14.3 Å². The average molecular weight is 411 g/mol. The standard InChI is InChI=1S/C20H31ClN4O3/c1-14(2)13-25-18(21)16(15(3)22-25)7-8-17(26)23-9-11-24(12-10-23)19(27)28-20(4,5)6/h7-8,14H,9-13H2,1-6H3/b8-7+. The van der Waals surface area contributed by atoms with Crippen LogP contribution >= 0.6 is 11.6 Å². The lowest BCUT2D eigenvalue weighted by atomic mass is 10.2. The maximum absolute atomic E-state index is 12.5. The normalized spacial score (nSPS) is 15.6. The van der Waals surface area contributed by atoms with Crippen molar-refractivity contribution in [3.8, 4) is 0 Å². The SMILES string of the molecule is Cc1nn(CC(C)C)c(Cl)c1/C=C/C(=O)N1CCN(C(=O)OC(C)(C)C)CC1. The molecule has 0 spiro atoms. The van der Waals surface area contributed by atoms with Gasteiger partial charge in [0.05, 0.1) is 5.69 Å². The van der Waals surface area contributed by atoms with Gasteiger partial charge in [-0.1, -0.05) is 25.4 Å². The Labute approximate surface area is 172 Å². The van der Waals surface area contributed by atoms with E-state index >= 15 is 0 Å². The Balaban J connectivity index is 1.94. The van der Waals surface area contributed by atoms with Crippen molar-refractivity contribution in [1.82, 2.24) is 19.6 Å². The molecule has 1 fully saturated rings. The summed E-state index contributed by atoms with van der Waals surface area (Å²) >= 11 is 6.42. The van der Waals surface area contributed by atoms with Crippen LogP contribution in [-0.4, -0.2) is 63.4 Å². The van der Waals surface area contributed by atoms with Crippen LogP contribution in [0, 0.1) is 12.8 Å². The summed E-state index contributed by atoms with van der Waals surface area (Å²) in [6, 6.07) is 0. The van der Waals surface area contributed by atoms with Crippen LogP contribution in [0.3, 0.4) is 0 Å². The van der Waals surface area contributed by atoms with E-state index in [1.54, 1.807) is 20.6 Å². The van der Waals surface area contributed by atoms with Crippen LogP contribution in [0.1, 0.15) is 45.9 Å². The Morgan fingerprint density at radius 2 is 1.75 bits per heavy atom. The molecule has 2 amide bonds. The highest BCUT2D eigenvalue weighted by atomic mass is 35.5. The van der Waals surface area contributed by atoms with Gasteiger partial charge in [0.15, 0.2) is 0 Å². The first kappa shape index (κ1) is 22.3. The molecule has 0 N–H and O–H groups in total. The molecular formula is C20H31ClN4O3. The molecule has 1 aliphatic heterocycles. The molecule has 2 heterocycles. The number of carbonyl (C=O) groups is 2. The van der Waals surface area contributed by atoms with Gasteiger partial charge in [-0.05, 0) is 39.7 Å². The van der Waals surface area contributed by atoms with E-state index in [2.05, 4.69) is 18.9 Å². The number of rotatable bonds is 4. The molecular weight excluding hydrogens is 380 g/mol. The van der Waals surface area contributed by atoms with Gasteiger partial charge in [-0.2, -0.15) is 5.10 Å². The van der Waals surface area contributed by atoms with Crippen LogP contribution in [0.25, 0.3) is 6.08 Å². The molecule has 156 valence electrons. The maximum Gasteiger partial charge on any atom is 0.410 e. The van der Waals surface area contributed by atoms with Gasteiger partial charge in [0.2, 0.25) is 5.91 Å². The van der Waals surface area contributed by atoms with Crippen molar-refractivity contribution in [1.29, 1.82) is 0 Å². The largest absolute Gasteiger partial charge is 0.444 e. The van der Waals surface area contributed by atoms with Crippen molar-refractivity contribution in [2.24, 2.45) is 5.92 Å². The Hall–Kier alpha value is -2.02. The van der Waals surface area contributed by atoms with Gasteiger partial charge in [-0.15, -0.1) is 0 Å². The van der Waals surface area contributed by atoms with E-state index < -0.39 is 5.60 Å². The number of halogens is 1. The zero-order chi connectivity index (χ0) is 21.1. The lowest BCUT2D eigenvalue weighted by Gasteiger charge is -2.35. The zero-order valence-corrected chi connectivity index (χ0v) is 18.4. The van der Waals surface area contributed by atoms with E-state index in [-0.39, 0.29) is 12.0 Å². The Bertz CT molecular complexity index is 741. The van der Waals surface area contributed by atoms with Crippen LogP contribution in [0.2, 0.25) is 5.15 Å². The van der Waals surface area contributed by atoms with Gasteiger partial charge in [-0.3, -0.25) is 9.48 Å². The lowest BCUT2D eigenvalue weighted by molar-refractivity contribution is -0.127. The molecule has 0 saturated carbocycles. The highest BCUT2D eigenvalue weighted by Crippen LogP contribution is 2.22. The van der Waals surface area contributed by atoms with Crippen molar-refractivity contribution in [2.75, 3.05) is 26.2 Å². The molecule has 7 nitrogen and oxygen atoms in total. The molecule has 1 aromatic rings. The highest BCUT2D eigenvalue weighted by Gasteiger charge is 2.27. The van der Waals surface area contributed by atoms with Gasteiger partial charge in [0, 0.05) is 44.4 Å². The quantitative estimate of drug-likeness (QED) is 0.711. The van der Waals surface area contributed by atoms with E-state index in [0.29, 0.717) is 37.3 Å². The Kier molecular flexibility index (Phi) is 7.15. The first-order valence-electron chi connectivity index (χ1n) is 9.65. The fraction of sp³-hybridized carbons (Fsp3) is 0.650. The molecule has 0 atom stereocenters. The molecule has 28 heavy (non-hydrogen) atoms. The number of nitrogens with zero attached hydrogens (tertiary/aromatic N) is 4. The summed E-state index contributed by atoms with van der Waals surface area (Å²) in [7, 11) is 0. The number of hydrogen-bond acceptors (Lipinski definition) is 4. The minimum Gasteiger partial charge on any atom is -0.444 e. The molecule has 0 aromatic carbocycles. The maximum atomic E-state index is 12.5. The lowest BCUT2D eigenvalue weighted by Crippen LogP contribution is -2.51. The third kappa shape index (κ3) is 5.99. The van der Waals surface area contributed by atoms with Gasteiger partial charge in [0.1, 0.15) is 10.8 Å². The number of amides is 2. The van der Waals surface area contributed by atoms with Crippen LogP contribution in [0.5, 0.6) is 0 Å². The third-order valence-electron chi connectivity index (χ3n) is 4.28. The number of hydrogen-bond donors (Lipinski definition) is 0. The third-order valence-corrected chi connectivity index (χ3v) is 4.68. The molecule has 1 saturated heterocycles. The first-order chi connectivity index (χ1) is 13.0. The van der Waals surface area contributed by atoms with E-state index in [9.17, 15) is 9.59 Å². The van der Waals surface area contributed by atoms with Crippen LogP contribution in [0.15, 0.2) is 6.08 Å². The summed E-state index contributed by atoms with van der Waals surface area (Å²) < 4.78 is 7.15. The molecule has 0 bridgehead atoms. The highest BCUT2D eigenvalue weighted by molar-refractivity contribution is 6.31. The van der Waals surface area contributed by atoms with Gasteiger partial charge < -0.3 is 14.5 Å². The number of aromatic nitrogens is 2. The molecule has 1 aromatic heterocycles. The van der Waals surface area contributed by atoms with Crippen molar-refractivity contribution in [2.45, 2.75) is 53.7 Å². The van der Waals surface area contributed by atoms with E-state index in [1.807, 2.05) is 27.7 Å². The minimum absolute atomic E-state index is 0.101. The van der Waals surface area contributed by atoms with Gasteiger partial charge >= 0.3 is 6.09 Å². The molecule has 0 aliphatic carbocycles. The van der Waals surface area contributed by atoms with Crippen LogP contribution in [0.4, 0.5) is 4.79 Å². The van der Waals surface area contributed by atoms with Crippen molar-refractivity contribution >= 4 is 29.7 Å². The van der Waals surface area contributed by atoms with Crippen molar-refractivity contribution in [3.05, 3.63) is 22.5 Å². The Morgan fingerprint density at radius 3 is 2.29 bits per heavy atom. The van der Waals surface area contributed by atoms with Gasteiger partial charge in [-0.25, -0.2) is 4.79 Å². The summed E-state index contributed by atoms with van der Waals surface area (Å²) in [6.45, 7) is 14.2. The topological polar surface area (TPSA) is 67.7 Å². The van der Waals surface area contributed by atoms with E-state index in [0.717, 1.165) is 17.8 Å². The summed E-state index contributed by atoms with van der Waals surface area (Å²) in [4.78, 5) is 28.0. The summed E-state index contributed by atoms with van der Waals surface area (Å²) in [5.41, 5.74) is 1.04. The number of aryl methyl sites for hydroxylation is 1. The Morgan fingerprint density at radius 1 is 1.18 bits per heavy atom. The number of carbonyl (C=O) groups excluding carboxylic acids is 2. The second-order valence-corrected chi connectivity index (χ2v) is 8.85. The number of ether oxygens (including phenoxy) is 1. The second kappa shape index (κ2) is 8.99. The summed E-state index contributed by atoms with van der Waals surface area (Å²) in [5, 5.41) is 5.00. The molecule has 0 radical (unpaired) electrons. The predicted octanol–water partition coefficient (Wildman–Crippen LogP) is 3.59. The van der Waals surface area contributed by atoms with Crippen LogP contribution in [-0.2, 0) is 16.1 Å². The molecule has 1 aliphatic rings. The monoisotopic (exact) mass is 410 g/mol. The second-order valence-electron chi connectivity index (χ2n) is 8.49. The predicted molar refractivity (Wildman–Crippen MR) is 110 cm³/mol. The van der Waals surface area contributed by atoms with E-state index in [1.165, 1.54) is 6.08 Å². The number of piperazine rings is 1. The fourth-order valence-corrected chi connectivity index (χ4v) is 3.23. The van der Waals surface area contributed by atoms with Gasteiger partial charge in [0.25, 0.3) is 0 Å². The molecule has 8 heteroatoms. The van der Waals surface area contributed by atoms with Crippen LogP contribution < -0.4 is 0 Å². The molecule has 2 rings (SSSR count). The molecule has 0 unspecified atom stereocenters. The average Bonchev–Trinajstić information content (AvgIpc) is 2.84. The first-order valence-corrected chi connectivity index (χ1v) is 10.0. The smallest absolute Gasteiger partial charge is 0.410 e. The zero-order valence-electron chi connectivity index (χ0n) is 17.7. The summed E-state index contributed by atoms with van der Waals surface area (Å²) in [6.07, 6.45) is 2.91. The minimum atomic E-state index is -0.524. The van der Waals surface area contributed by atoms with Crippen molar-refractivity contribution in [3.63, 3.8) is 0 Å². The fourth-order valence-electron chi connectivity index (χ4n) is 2.92.